The maximum Gasteiger partial charge on any atom is 0.302 e. The van der Waals surface area contributed by atoms with Gasteiger partial charge in [0.15, 0.2) is 0 Å². The minimum atomic E-state index is -4.00. The molecule has 0 spiro atoms. The highest BCUT2D eigenvalue weighted by atomic mass is 32.2. The number of amides is 3. The standard InChI is InChI=1S/C34H46N6O7S/c1-26(41)47-21-9-15-32(42)37-36-25-38-19-16-28(17-20-38)23-40(48(45,46)24-29-12-6-3-7-13-29)31(22-27-10-4-2-5-11-27)34(44)39-18-8-14-30(39)33(35)43/h2-7,10-13,28,30-31H,8-9,14-25H2,1H3,(H2,35,43)/t30-,31+/m0/s1. The molecule has 2 heterocycles. The Kier molecular flexibility index (Phi) is 13.8. The number of nitrogens with zero attached hydrogens (tertiary/aromatic N) is 5. The molecule has 3 amide bonds. The second kappa shape index (κ2) is 17.9. The van der Waals surface area contributed by atoms with Crippen LogP contribution < -0.4 is 5.73 Å². The van der Waals surface area contributed by atoms with Crippen LogP contribution in [0.4, 0.5) is 0 Å². The van der Waals surface area contributed by atoms with Crippen LogP contribution in [-0.2, 0) is 46.1 Å². The van der Waals surface area contributed by atoms with Gasteiger partial charge in [-0.1, -0.05) is 60.7 Å². The maximum atomic E-state index is 14.3. The molecular formula is C34H46N6O7S. The van der Waals surface area contributed by atoms with Crippen molar-refractivity contribution in [3.8, 4) is 0 Å². The predicted molar refractivity (Wildman–Crippen MR) is 179 cm³/mol. The Morgan fingerprint density at radius 3 is 2.23 bits per heavy atom. The first-order valence-corrected chi connectivity index (χ1v) is 18.1. The number of carbonyl (C=O) groups is 4. The van der Waals surface area contributed by atoms with Crippen molar-refractivity contribution in [3.05, 3.63) is 71.8 Å². The quantitative estimate of drug-likeness (QED) is 0.160. The molecule has 0 saturated carbocycles. The molecule has 48 heavy (non-hydrogen) atoms. The Bertz CT molecular complexity index is 1510. The van der Waals surface area contributed by atoms with E-state index in [1.807, 2.05) is 41.3 Å². The lowest BCUT2D eigenvalue weighted by molar-refractivity contribution is -0.141. The summed E-state index contributed by atoms with van der Waals surface area (Å²) in [6.07, 6.45) is 3.04. The van der Waals surface area contributed by atoms with Gasteiger partial charge in [0, 0.05) is 39.5 Å². The van der Waals surface area contributed by atoms with Crippen molar-refractivity contribution >= 4 is 33.7 Å². The summed E-state index contributed by atoms with van der Waals surface area (Å²) < 4.78 is 34.8. The SMILES string of the molecule is CC(=O)OCCCC(=O)N=NCN1CCC(CN([C@H](Cc2ccccc2)C(=O)N2CCC[C@H]2C(N)=O)S(=O)(=O)Cc2ccccc2)CC1. The number of ether oxygens (including phenoxy) is 1. The van der Waals surface area contributed by atoms with Gasteiger partial charge in [-0.2, -0.15) is 9.42 Å². The van der Waals surface area contributed by atoms with Crippen LogP contribution in [0.5, 0.6) is 0 Å². The van der Waals surface area contributed by atoms with Crippen LogP contribution in [0, 0.1) is 5.92 Å². The van der Waals surface area contributed by atoms with Crippen LogP contribution in [0.3, 0.4) is 0 Å². The van der Waals surface area contributed by atoms with E-state index in [0.717, 1.165) is 5.56 Å². The fourth-order valence-electron chi connectivity index (χ4n) is 6.22. The molecule has 14 heteroatoms. The normalized spacial score (nSPS) is 18.3. The molecule has 2 aromatic rings. The molecule has 0 radical (unpaired) electrons. The number of esters is 1. The molecule has 0 unspecified atom stereocenters. The summed E-state index contributed by atoms with van der Waals surface area (Å²) in [5, 5.41) is 7.80. The number of hydrogen-bond acceptors (Lipinski definition) is 9. The number of primary amides is 1. The number of sulfonamides is 1. The lowest BCUT2D eigenvalue weighted by Crippen LogP contribution is -2.56. The number of likely N-dealkylation sites (tertiary alicyclic amines) is 2. The van der Waals surface area contributed by atoms with Gasteiger partial charge >= 0.3 is 5.97 Å². The van der Waals surface area contributed by atoms with E-state index >= 15 is 0 Å². The zero-order valence-corrected chi connectivity index (χ0v) is 28.3. The summed E-state index contributed by atoms with van der Waals surface area (Å²) in [4.78, 5) is 53.0. The smallest absolute Gasteiger partial charge is 0.302 e. The van der Waals surface area contributed by atoms with Gasteiger partial charge in [-0.3, -0.25) is 24.1 Å². The van der Waals surface area contributed by atoms with E-state index in [-0.39, 0.29) is 50.2 Å². The largest absolute Gasteiger partial charge is 0.466 e. The second-order valence-corrected chi connectivity index (χ2v) is 14.3. The van der Waals surface area contributed by atoms with Gasteiger partial charge in [-0.25, -0.2) is 8.42 Å². The number of nitrogens with two attached hydrogens (primary N) is 1. The van der Waals surface area contributed by atoms with E-state index in [2.05, 4.69) is 10.2 Å². The summed E-state index contributed by atoms with van der Waals surface area (Å²) in [6.45, 7) is 3.41. The molecule has 0 aliphatic carbocycles. The summed E-state index contributed by atoms with van der Waals surface area (Å²) >= 11 is 0. The molecule has 2 N–H and O–H groups in total. The highest BCUT2D eigenvalue weighted by Crippen LogP contribution is 2.28. The average Bonchev–Trinajstić information content (AvgIpc) is 3.56. The van der Waals surface area contributed by atoms with Gasteiger partial charge in [0.05, 0.1) is 12.4 Å². The summed E-state index contributed by atoms with van der Waals surface area (Å²) in [5.41, 5.74) is 7.10. The number of carbonyl (C=O) groups excluding carboxylic acids is 4. The van der Waals surface area contributed by atoms with E-state index in [9.17, 15) is 27.6 Å². The van der Waals surface area contributed by atoms with Crippen molar-refractivity contribution < 1.29 is 32.3 Å². The zero-order chi connectivity index (χ0) is 34.5. The molecule has 2 fully saturated rings. The van der Waals surface area contributed by atoms with E-state index < -0.39 is 39.9 Å². The number of hydrogen-bond donors (Lipinski definition) is 1. The van der Waals surface area contributed by atoms with Crippen LogP contribution in [-0.4, -0.2) is 97.8 Å². The van der Waals surface area contributed by atoms with Crippen molar-refractivity contribution in [2.75, 3.05) is 39.5 Å². The van der Waals surface area contributed by atoms with E-state index in [1.54, 1.807) is 24.3 Å². The monoisotopic (exact) mass is 682 g/mol. The second-order valence-electron chi connectivity index (χ2n) is 12.4. The Labute approximate surface area is 282 Å². The lowest BCUT2D eigenvalue weighted by atomic mass is 9.96. The first-order valence-electron chi connectivity index (χ1n) is 16.5. The third-order valence-electron chi connectivity index (χ3n) is 8.75. The van der Waals surface area contributed by atoms with Crippen LogP contribution >= 0.6 is 0 Å². The topological polar surface area (TPSA) is 172 Å². The van der Waals surface area contributed by atoms with E-state index in [1.165, 1.54) is 16.1 Å². The average molecular weight is 683 g/mol. The third-order valence-corrected chi connectivity index (χ3v) is 10.6. The Balaban J connectivity index is 1.50. The Morgan fingerprint density at radius 2 is 1.60 bits per heavy atom. The van der Waals surface area contributed by atoms with Crippen molar-refractivity contribution in [1.82, 2.24) is 14.1 Å². The molecule has 2 aliphatic rings. The predicted octanol–water partition coefficient (Wildman–Crippen LogP) is 2.90. The molecule has 2 atom stereocenters. The number of benzene rings is 2. The van der Waals surface area contributed by atoms with Crippen LogP contribution in [0.15, 0.2) is 70.9 Å². The molecule has 2 aromatic carbocycles. The van der Waals surface area contributed by atoms with Crippen molar-refractivity contribution in [3.63, 3.8) is 0 Å². The lowest BCUT2D eigenvalue weighted by Gasteiger charge is -2.38. The first-order chi connectivity index (χ1) is 23.0. The molecule has 13 nitrogen and oxygen atoms in total. The van der Waals surface area contributed by atoms with Gasteiger partial charge < -0.3 is 15.4 Å². The molecule has 2 aliphatic heterocycles. The van der Waals surface area contributed by atoms with E-state index in [4.69, 9.17) is 10.5 Å². The fraction of sp³-hybridized carbons (Fsp3) is 0.529. The number of azo groups is 1. The minimum Gasteiger partial charge on any atom is -0.466 e. The summed E-state index contributed by atoms with van der Waals surface area (Å²) in [7, 11) is -4.00. The maximum absolute atomic E-state index is 14.3. The van der Waals surface area contributed by atoms with Crippen molar-refractivity contribution in [2.24, 2.45) is 21.9 Å². The van der Waals surface area contributed by atoms with Gasteiger partial charge in [0.2, 0.25) is 21.8 Å². The fourth-order valence-corrected chi connectivity index (χ4v) is 7.99. The minimum absolute atomic E-state index is 0.0387. The Morgan fingerprint density at radius 1 is 0.958 bits per heavy atom. The highest BCUT2D eigenvalue weighted by molar-refractivity contribution is 7.88. The van der Waals surface area contributed by atoms with Crippen LogP contribution in [0.25, 0.3) is 0 Å². The first kappa shape index (κ1) is 36.8. The van der Waals surface area contributed by atoms with Gasteiger partial charge in [0.25, 0.3) is 5.91 Å². The number of piperidine rings is 1. The third kappa shape index (κ3) is 11.0. The highest BCUT2D eigenvalue weighted by Gasteiger charge is 2.42. The summed E-state index contributed by atoms with van der Waals surface area (Å²) in [5.74, 6) is -2.09. The molecule has 4 rings (SSSR count). The molecule has 0 aromatic heterocycles. The van der Waals surface area contributed by atoms with Gasteiger partial charge in [-0.15, -0.1) is 5.11 Å². The van der Waals surface area contributed by atoms with Crippen LogP contribution in [0.2, 0.25) is 0 Å². The molecule has 2 saturated heterocycles. The van der Waals surface area contributed by atoms with Gasteiger partial charge in [-0.05, 0) is 55.6 Å². The van der Waals surface area contributed by atoms with Crippen molar-refractivity contribution in [1.29, 1.82) is 0 Å². The zero-order valence-electron chi connectivity index (χ0n) is 27.5. The van der Waals surface area contributed by atoms with E-state index in [0.29, 0.717) is 57.3 Å². The van der Waals surface area contributed by atoms with Gasteiger partial charge in [0.1, 0.15) is 18.8 Å². The summed E-state index contributed by atoms with van der Waals surface area (Å²) in [6, 6.07) is 16.4. The molecular weight excluding hydrogens is 636 g/mol. The number of rotatable bonds is 16. The van der Waals surface area contributed by atoms with Crippen LogP contribution in [0.1, 0.15) is 56.6 Å². The Hall–Kier alpha value is -4.01. The molecule has 0 bridgehead atoms. The molecule has 260 valence electrons. The van der Waals surface area contributed by atoms with Crippen molar-refractivity contribution in [2.45, 2.75) is 69.7 Å².